The van der Waals surface area contributed by atoms with Gasteiger partial charge in [0.05, 0.1) is 23.5 Å². The van der Waals surface area contributed by atoms with Crippen molar-refractivity contribution in [2.75, 3.05) is 0 Å². The zero-order valence-electron chi connectivity index (χ0n) is 14.7. The molecule has 2 aromatic heterocycles. The van der Waals surface area contributed by atoms with E-state index in [1.807, 2.05) is 0 Å². The van der Waals surface area contributed by atoms with E-state index in [1.165, 1.54) is 16.9 Å². The van der Waals surface area contributed by atoms with Crippen LogP contribution in [-0.2, 0) is 6.18 Å². The van der Waals surface area contributed by atoms with Gasteiger partial charge in [0, 0.05) is 22.9 Å². The first-order valence-corrected chi connectivity index (χ1v) is 8.07. The summed E-state index contributed by atoms with van der Waals surface area (Å²) in [6.45, 7) is 5.00. The highest BCUT2D eigenvalue weighted by Crippen LogP contribution is 2.33. The zero-order valence-corrected chi connectivity index (χ0v) is 14.7. The third-order valence-electron chi connectivity index (χ3n) is 4.33. The van der Waals surface area contributed by atoms with Gasteiger partial charge < -0.3 is 4.98 Å². The molecule has 0 amide bonds. The van der Waals surface area contributed by atoms with Crippen molar-refractivity contribution in [2.45, 2.75) is 33.0 Å². The molecule has 1 unspecified atom stereocenters. The third-order valence-corrected chi connectivity index (χ3v) is 4.33. The average molecular weight is 380 g/mol. The second kappa shape index (κ2) is 6.64. The van der Waals surface area contributed by atoms with Crippen LogP contribution in [0.4, 0.5) is 17.6 Å². The first-order valence-electron chi connectivity index (χ1n) is 8.07. The standard InChI is InChI=1S/C18H16F4N4O/c1-9(13-5-4-12(6-15(13)19)18(20,21)22)26-10(2)14(8-23-26)16-7-17(27)25-11(3)24-16/h4-9H,1-3H3,(H,24,25,27). The summed E-state index contributed by atoms with van der Waals surface area (Å²) >= 11 is 0. The first-order chi connectivity index (χ1) is 12.6. The molecule has 1 N–H and O–H groups in total. The Hall–Kier alpha value is -2.97. The highest BCUT2D eigenvalue weighted by atomic mass is 19.4. The van der Waals surface area contributed by atoms with Gasteiger partial charge in [-0.3, -0.25) is 9.48 Å². The molecule has 0 aliphatic heterocycles. The van der Waals surface area contributed by atoms with E-state index in [1.54, 1.807) is 20.8 Å². The molecule has 1 aromatic carbocycles. The predicted octanol–water partition coefficient (Wildman–Crippen LogP) is 4.02. The van der Waals surface area contributed by atoms with Gasteiger partial charge in [-0.2, -0.15) is 18.3 Å². The Morgan fingerprint density at radius 3 is 2.48 bits per heavy atom. The molecular weight excluding hydrogens is 364 g/mol. The van der Waals surface area contributed by atoms with Crippen LogP contribution in [0.3, 0.4) is 0 Å². The number of aromatic nitrogens is 4. The second-order valence-electron chi connectivity index (χ2n) is 6.21. The number of H-pyrrole nitrogens is 1. The second-order valence-corrected chi connectivity index (χ2v) is 6.21. The quantitative estimate of drug-likeness (QED) is 0.698. The number of aryl methyl sites for hydroxylation is 1. The lowest BCUT2D eigenvalue weighted by atomic mass is 10.0. The van der Waals surface area contributed by atoms with Gasteiger partial charge in [-0.1, -0.05) is 6.07 Å². The van der Waals surface area contributed by atoms with Crippen molar-refractivity contribution >= 4 is 0 Å². The van der Waals surface area contributed by atoms with E-state index in [2.05, 4.69) is 15.1 Å². The van der Waals surface area contributed by atoms with Crippen molar-refractivity contribution in [1.82, 2.24) is 19.7 Å². The summed E-state index contributed by atoms with van der Waals surface area (Å²) in [5, 5.41) is 4.22. The molecule has 0 aliphatic carbocycles. The van der Waals surface area contributed by atoms with Gasteiger partial charge >= 0.3 is 6.18 Å². The van der Waals surface area contributed by atoms with Crippen molar-refractivity contribution in [1.29, 1.82) is 0 Å². The molecule has 0 fully saturated rings. The normalized spacial score (nSPS) is 13.0. The van der Waals surface area contributed by atoms with Gasteiger partial charge in [0.2, 0.25) is 0 Å². The molecule has 0 bridgehead atoms. The smallest absolute Gasteiger partial charge is 0.311 e. The van der Waals surface area contributed by atoms with E-state index < -0.39 is 23.6 Å². The minimum Gasteiger partial charge on any atom is -0.311 e. The van der Waals surface area contributed by atoms with Crippen LogP contribution in [0.25, 0.3) is 11.3 Å². The molecule has 27 heavy (non-hydrogen) atoms. The van der Waals surface area contributed by atoms with Crippen LogP contribution in [0.2, 0.25) is 0 Å². The lowest BCUT2D eigenvalue weighted by Crippen LogP contribution is -2.14. The van der Waals surface area contributed by atoms with Gasteiger partial charge in [0.25, 0.3) is 5.56 Å². The van der Waals surface area contributed by atoms with Gasteiger partial charge in [0.15, 0.2) is 0 Å². The SMILES string of the molecule is Cc1nc(-c2cnn(C(C)c3ccc(C(F)(F)F)cc3F)c2C)cc(=O)[nH]1. The molecule has 0 spiro atoms. The minimum atomic E-state index is -4.61. The van der Waals surface area contributed by atoms with Gasteiger partial charge in [-0.05, 0) is 32.9 Å². The number of nitrogens with one attached hydrogen (secondary N) is 1. The number of rotatable bonds is 3. The Balaban J connectivity index is 2.01. The van der Waals surface area contributed by atoms with Crippen molar-refractivity contribution in [3.63, 3.8) is 0 Å². The van der Waals surface area contributed by atoms with Crippen molar-refractivity contribution in [3.05, 3.63) is 69.3 Å². The molecule has 0 aliphatic rings. The largest absolute Gasteiger partial charge is 0.416 e. The van der Waals surface area contributed by atoms with Gasteiger partial charge in [0.1, 0.15) is 11.6 Å². The summed E-state index contributed by atoms with van der Waals surface area (Å²) in [5.41, 5.74) is 0.335. The number of halogens is 4. The zero-order chi connectivity index (χ0) is 19.9. The highest BCUT2D eigenvalue weighted by Gasteiger charge is 2.31. The van der Waals surface area contributed by atoms with Gasteiger partial charge in [-0.25, -0.2) is 9.37 Å². The van der Waals surface area contributed by atoms with E-state index in [0.717, 1.165) is 12.1 Å². The fraction of sp³-hybridized carbons (Fsp3) is 0.278. The van der Waals surface area contributed by atoms with Crippen molar-refractivity contribution < 1.29 is 17.6 Å². The average Bonchev–Trinajstić information content (AvgIpc) is 2.94. The Labute approximate surface area is 151 Å². The molecule has 142 valence electrons. The summed E-state index contributed by atoms with van der Waals surface area (Å²) in [5.74, 6) is -0.523. The number of nitrogens with zero attached hydrogens (tertiary/aromatic N) is 3. The Morgan fingerprint density at radius 2 is 1.89 bits per heavy atom. The van der Waals surface area contributed by atoms with Crippen LogP contribution in [0.15, 0.2) is 35.3 Å². The Morgan fingerprint density at radius 1 is 1.19 bits per heavy atom. The van der Waals surface area contributed by atoms with Crippen molar-refractivity contribution in [3.8, 4) is 11.3 Å². The van der Waals surface area contributed by atoms with E-state index in [0.29, 0.717) is 28.8 Å². The molecule has 5 nitrogen and oxygen atoms in total. The van der Waals surface area contributed by atoms with E-state index in [4.69, 9.17) is 0 Å². The maximum atomic E-state index is 14.3. The third kappa shape index (κ3) is 3.62. The number of aromatic amines is 1. The molecule has 0 saturated carbocycles. The fourth-order valence-corrected chi connectivity index (χ4v) is 2.96. The maximum Gasteiger partial charge on any atom is 0.416 e. The predicted molar refractivity (Wildman–Crippen MR) is 90.8 cm³/mol. The van der Waals surface area contributed by atoms with Crippen LogP contribution >= 0.6 is 0 Å². The fourth-order valence-electron chi connectivity index (χ4n) is 2.96. The molecular formula is C18H16F4N4O. The molecule has 0 saturated heterocycles. The number of hydrogen-bond acceptors (Lipinski definition) is 3. The van der Waals surface area contributed by atoms with E-state index in [9.17, 15) is 22.4 Å². The van der Waals surface area contributed by atoms with Crippen LogP contribution in [0.5, 0.6) is 0 Å². The summed E-state index contributed by atoms with van der Waals surface area (Å²) < 4.78 is 53.9. The molecule has 3 rings (SSSR count). The molecule has 0 radical (unpaired) electrons. The van der Waals surface area contributed by atoms with Gasteiger partial charge in [-0.15, -0.1) is 0 Å². The van der Waals surface area contributed by atoms with Crippen LogP contribution < -0.4 is 5.56 Å². The summed E-state index contributed by atoms with van der Waals surface area (Å²) in [4.78, 5) is 18.5. The number of hydrogen-bond donors (Lipinski definition) is 1. The topological polar surface area (TPSA) is 63.6 Å². The van der Waals surface area contributed by atoms with E-state index in [-0.39, 0.29) is 11.1 Å². The molecule has 2 heterocycles. The number of alkyl halides is 3. The van der Waals surface area contributed by atoms with E-state index >= 15 is 0 Å². The molecule has 3 aromatic rings. The summed E-state index contributed by atoms with van der Waals surface area (Å²) in [7, 11) is 0. The maximum absolute atomic E-state index is 14.3. The Bertz CT molecular complexity index is 1050. The van der Waals surface area contributed by atoms with Crippen LogP contribution in [0, 0.1) is 19.7 Å². The minimum absolute atomic E-state index is 0.0794. The van der Waals surface area contributed by atoms with Crippen LogP contribution in [0.1, 0.15) is 35.6 Å². The van der Waals surface area contributed by atoms with Crippen LogP contribution in [-0.4, -0.2) is 19.7 Å². The molecule has 1 atom stereocenters. The summed E-state index contributed by atoms with van der Waals surface area (Å²) in [6.07, 6.45) is -3.11. The lowest BCUT2D eigenvalue weighted by Gasteiger charge is -2.17. The first kappa shape index (κ1) is 18.8. The lowest BCUT2D eigenvalue weighted by molar-refractivity contribution is -0.137. The summed E-state index contributed by atoms with van der Waals surface area (Å²) in [6, 6.07) is 3.11. The highest BCUT2D eigenvalue weighted by molar-refractivity contribution is 5.60. The molecule has 9 heteroatoms. The monoisotopic (exact) mass is 380 g/mol. The van der Waals surface area contributed by atoms with Crippen molar-refractivity contribution in [2.24, 2.45) is 0 Å². The Kier molecular flexibility index (Phi) is 4.63. The number of benzene rings is 1.